The Morgan fingerprint density at radius 3 is 2.56 bits per heavy atom. The first-order chi connectivity index (χ1) is 12.0. The van der Waals surface area contributed by atoms with E-state index < -0.39 is 0 Å². The van der Waals surface area contributed by atoms with E-state index in [2.05, 4.69) is 26.7 Å². The van der Waals surface area contributed by atoms with Crippen LogP contribution < -0.4 is 10.6 Å². The Labute approximate surface area is 151 Å². The highest BCUT2D eigenvalue weighted by Gasteiger charge is 2.07. The topological polar surface area (TPSA) is 73.6 Å². The fraction of sp³-hybridized carbons (Fsp3) is 0.105. The van der Waals surface area contributed by atoms with Crippen molar-refractivity contribution < 1.29 is 0 Å². The molecule has 124 valence electrons. The van der Waals surface area contributed by atoms with Crippen molar-refractivity contribution in [3.05, 3.63) is 70.4 Å². The Morgan fingerprint density at radius 1 is 1.00 bits per heavy atom. The molecular weight excluding hydrogens is 334 g/mol. The summed E-state index contributed by atoms with van der Waals surface area (Å²) in [6, 6.07) is 17.0. The zero-order valence-corrected chi connectivity index (χ0v) is 14.6. The van der Waals surface area contributed by atoms with Crippen molar-refractivity contribution in [3.8, 4) is 6.07 Å². The number of nitrogens with one attached hydrogen (secondary N) is 2. The molecule has 2 aromatic carbocycles. The number of halogens is 1. The molecule has 0 bridgehead atoms. The third-order valence-corrected chi connectivity index (χ3v) is 4.00. The molecule has 3 rings (SSSR count). The van der Waals surface area contributed by atoms with Gasteiger partial charge in [-0.1, -0.05) is 29.8 Å². The fourth-order valence-corrected chi connectivity index (χ4v) is 2.50. The van der Waals surface area contributed by atoms with Crippen molar-refractivity contribution in [3.63, 3.8) is 0 Å². The zero-order chi connectivity index (χ0) is 17.8. The summed E-state index contributed by atoms with van der Waals surface area (Å²) >= 11 is 6.17. The third-order valence-electron chi connectivity index (χ3n) is 3.59. The smallest absolute Gasteiger partial charge is 0.229 e. The monoisotopic (exact) mass is 349 g/mol. The maximum atomic E-state index is 9.19. The molecular formula is C19H16ClN5. The molecule has 0 fully saturated rings. The highest BCUT2D eigenvalue weighted by molar-refractivity contribution is 6.31. The summed E-state index contributed by atoms with van der Waals surface area (Å²) in [6.07, 6.45) is 0. The molecule has 6 heteroatoms. The highest BCUT2D eigenvalue weighted by atomic mass is 35.5. The molecule has 1 heterocycles. The molecule has 1 aromatic heterocycles. The minimum Gasteiger partial charge on any atom is -0.340 e. The van der Waals surface area contributed by atoms with Gasteiger partial charge >= 0.3 is 0 Å². The number of hydrogen-bond acceptors (Lipinski definition) is 5. The lowest BCUT2D eigenvalue weighted by molar-refractivity contribution is 1.11. The van der Waals surface area contributed by atoms with Gasteiger partial charge in [-0.3, -0.25) is 0 Å². The lowest BCUT2D eigenvalue weighted by atomic mass is 10.2. The zero-order valence-electron chi connectivity index (χ0n) is 13.8. The van der Waals surface area contributed by atoms with E-state index in [1.165, 1.54) is 0 Å². The average molecular weight is 350 g/mol. The van der Waals surface area contributed by atoms with Crippen molar-refractivity contribution in [2.24, 2.45) is 0 Å². The minimum absolute atomic E-state index is 0.420. The van der Waals surface area contributed by atoms with Gasteiger partial charge < -0.3 is 10.6 Å². The van der Waals surface area contributed by atoms with Crippen LogP contribution in [0.15, 0.2) is 48.5 Å². The number of rotatable bonds is 4. The second-order valence-electron chi connectivity index (χ2n) is 5.59. The number of nitriles is 1. The molecule has 0 aliphatic rings. The quantitative estimate of drug-likeness (QED) is 0.685. The Hall–Kier alpha value is -3.10. The van der Waals surface area contributed by atoms with Gasteiger partial charge in [0, 0.05) is 22.5 Å². The van der Waals surface area contributed by atoms with Gasteiger partial charge in [-0.05, 0) is 43.7 Å². The van der Waals surface area contributed by atoms with E-state index in [9.17, 15) is 5.26 Å². The number of hydrogen-bond donors (Lipinski definition) is 2. The van der Waals surface area contributed by atoms with Gasteiger partial charge in [0.25, 0.3) is 0 Å². The predicted molar refractivity (Wildman–Crippen MR) is 101 cm³/mol. The van der Waals surface area contributed by atoms with Crippen molar-refractivity contribution >= 4 is 34.7 Å². The van der Waals surface area contributed by atoms with Crippen LogP contribution in [0.1, 0.15) is 16.8 Å². The number of aromatic nitrogens is 2. The van der Waals surface area contributed by atoms with Crippen LogP contribution in [0.4, 0.5) is 23.1 Å². The van der Waals surface area contributed by atoms with Crippen LogP contribution in [0.2, 0.25) is 5.02 Å². The molecule has 0 unspecified atom stereocenters. The summed E-state index contributed by atoms with van der Waals surface area (Å²) in [7, 11) is 0. The van der Waals surface area contributed by atoms with E-state index >= 15 is 0 Å². The Morgan fingerprint density at radius 2 is 1.80 bits per heavy atom. The molecule has 0 spiro atoms. The minimum atomic E-state index is 0.420. The van der Waals surface area contributed by atoms with Crippen molar-refractivity contribution in [2.45, 2.75) is 13.8 Å². The summed E-state index contributed by atoms with van der Waals surface area (Å²) in [5.41, 5.74) is 3.86. The maximum Gasteiger partial charge on any atom is 0.229 e. The van der Waals surface area contributed by atoms with Gasteiger partial charge in [0.1, 0.15) is 11.9 Å². The van der Waals surface area contributed by atoms with Gasteiger partial charge in [0.2, 0.25) is 5.95 Å². The predicted octanol–water partition coefficient (Wildman–Crippen LogP) is 5.11. The first-order valence-corrected chi connectivity index (χ1v) is 8.08. The number of benzene rings is 2. The summed E-state index contributed by atoms with van der Waals surface area (Å²) in [6.45, 7) is 3.84. The number of para-hydroxylation sites is 1. The largest absolute Gasteiger partial charge is 0.340 e. The maximum absolute atomic E-state index is 9.19. The summed E-state index contributed by atoms with van der Waals surface area (Å²) < 4.78 is 0. The number of nitrogens with zero attached hydrogens (tertiary/aromatic N) is 3. The van der Waals surface area contributed by atoms with Gasteiger partial charge in [0.15, 0.2) is 0 Å². The molecule has 0 aliphatic heterocycles. The van der Waals surface area contributed by atoms with Crippen LogP contribution in [-0.4, -0.2) is 9.97 Å². The van der Waals surface area contributed by atoms with E-state index in [0.29, 0.717) is 28.0 Å². The van der Waals surface area contributed by atoms with E-state index in [0.717, 1.165) is 16.9 Å². The summed E-state index contributed by atoms with van der Waals surface area (Å²) in [5, 5.41) is 16.2. The molecule has 0 atom stereocenters. The Bertz CT molecular complexity index is 962. The second kappa shape index (κ2) is 7.20. The van der Waals surface area contributed by atoms with Gasteiger partial charge in [-0.25, -0.2) is 4.98 Å². The standard InChI is InChI=1S/C19H16ClN5/c1-12-7-8-15(10-16(12)20)23-18-9-13(2)22-19(25-18)24-17-6-4-3-5-14(17)11-21/h3-10H,1-2H3,(H2,22,23,24,25). The number of aryl methyl sites for hydroxylation is 2. The van der Waals surface area contributed by atoms with Crippen LogP contribution in [0.25, 0.3) is 0 Å². The summed E-state index contributed by atoms with van der Waals surface area (Å²) in [5.74, 6) is 1.06. The Balaban J connectivity index is 1.88. The first-order valence-electron chi connectivity index (χ1n) is 7.70. The van der Waals surface area contributed by atoms with Gasteiger partial charge in [-0.15, -0.1) is 0 Å². The van der Waals surface area contributed by atoms with E-state index in [1.54, 1.807) is 6.07 Å². The van der Waals surface area contributed by atoms with E-state index in [-0.39, 0.29) is 0 Å². The molecule has 0 radical (unpaired) electrons. The highest BCUT2D eigenvalue weighted by Crippen LogP contribution is 2.24. The normalized spacial score (nSPS) is 10.2. The van der Waals surface area contributed by atoms with Crippen molar-refractivity contribution in [1.82, 2.24) is 9.97 Å². The SMILES string of the molecule is Cc1cc(Nc2ccc(C)c(Cl)c2)nc(Nc2ccccc2C#N)n1. The van der Waals surface area contributed by atoms with E-state index in [1.807, 2.05) is 56.3 Å². The molecule has 2 N–H and O–H groups in total. The lowest BCUT2D eigenvalue weighted by Gasteiger charge is -2.11. The first kappa shape index (κ1) is 16.7. The third kappa shape index (κ3) is 4.06. The Kier molecular flexibility index (Phi) is 4.82. The van der Waals surface area contributed by atoms with Crippen LogP contribution in [-0.2, 0) is 0 Å². The van der Waals surface area contributed by atoms with E-state index in [4.69, 9.17) is 11.6 Å². The molecule has 0 aliphatic carbocycles. The molecule has 3 aromatic rings. The second-order valence-corrected chi connectivity index (χ2v) is 6.00. The van der Waals surface area contributed by atoms with Gasteiger partial charge in [-0.2, -0.15) is 10.2 Å². The molecule has 25 heavy (non-hydrogen) atoms. The lowest BCUT2D eigenvalue weighted by Crippen LogP contribution is -2.03. The van der Waals surface area contributed by atoms with Crippen LogP contribution in [0.5, 0.6) is 0 Å². The van der Waals surface area contributed by atoms with Crippen molar-refractivity contribution in [2.75, 3.05) is 10.6 Å². The molecule has 5 nitrogen and oxygen atoms in total. The summed E-state index contributed by atoms with van der Waals surface area (Å²) in [4.78, 5) is 8.85. The van der Waals surface area contributed by atoms with Crippen LogP contribution in [0, 0.1) is 25.2 Å². The van der Waals surface area contributed by atoms with Crippen molar-refractivity contribution in [1.29, 1.82) is 5.26 Å². The molecule has 0 amide bonds. The van der Waals surface area contributed by atoms with Crippen LogP contribution >= 0.6 is 11.6 Å². The van der Waals surface area contributed by atoms with Gasteiger partial charge in [0.05, 0.1) is 11.3 Å². The average Bonchev–Trinajstić information content (AvgIpc) is 2.58. The van der Waals surface area contributed by atoms with Crippen LogP contribution in [0.3, 0.4) is 0 Å². The number of anilines is 4. The molecule has 0 saturated heterocycles. The molecule has 0 saturated carbocycles. The fourth-order valence-electron chi connectivity index (χ4n) is 2.32.